The Balaban J connectivity index is 1.42. The third-order valence-electron chi connectivity index (χ3n) is 3.92. The maximum atomic E-state index is 12.1. The monoisotopic (exact) mass is 379 g/mol. The number of anilines is 1. The van der Waals surface area contributed by atoms with Gasteiger partial charge >= 0.3 is 0 Å². The molecule has 4 aromatic rings. The number of nitrogens with one attached hydrogen (secondary N) is 1. The Bertz CT molecular complexity index is 1170. The second kappa shape index (κ2) is 7.00. The number of thiazole rings is 1. The van der Waals surface area contributed by atoms with Gasteiger partial charge in [0.1, 0.15) is 5.75 Å². The number of amides is 1. The van der Waals surface area contributed by atoms with Crippen LogP contribution in [0.25, 0.3) is 21.0 Å². The van der Waals surface area contributed by atoms with Crippen LogP contribution in [0.3, 0.4) is 0 Å². The molecule has 0 unspecified atom stereocenters. The highest BCUT2D eigenvalue weighted by Gasteiger charge is 2.12. The SMILES string of the molecule is O=C(COc1ccc2ccccc2c1)Nc1nc2cc([N+](=O)[O-])ccc2s1. The lowest BCUT2D eigenvalue weighted by Crippen LogP contribution is -2.19. The van der Waals surface area contributed by atoms with Crippen LogP contribution in [0.2, 0.25) is 0 Å². The molecule has 3 aromatic carbocycles. The lowest BCUT2D eigenvalue weighted by Gasteiger charge is -2.07. The normalized spacial score (nSPS) is 10.8. The van der Waals surface area contributed by atoms with Crippen molar-refractivity contribution in [3.8, 4) is 5.75 Å². The number of benzene rings is 3. The van der Waals surface area contributed by atoms with Crippen molar-refractivity contribution in [3.05, 3.63) is 70.8 Å². The Morgan fingerprint density at radius 3 is 2.74 bits per heavy atom. The summed E-state index contributed by atoms with van der Waals surface area (Å²) in [4.78, 5) is 26.7. The van der Waals surface area contributed by atoms with Gasteiger partial charge in [0.25, 0.3) is 11.6 Å². The van der Waals surface area contributed by atoms with Gasteiger partial charge in [0.15, 0.2) is 11.7 Å². The number of nitro benzene ring substituents is 1. The van der Waals surface area contributed by atoms with Crippen LogP contribution < -0.4 is 10.1 Å². The Hall–Kier alpha value is -3.52. The fourth-order valence-corrected chi connectivity index (χ4v) is 3.51. The van der Waals surface area contributed by atoms with Crippen molar-refractivity contribution in [2.45, 2.75) is 0 Å². The van der Waals surface area contributed by atoms with Gasteiger partial charge in [0.2, 0.25) is 0 Å². The van der Waals surface area contributed by atoms with E-state index in [9.17, 15) is 14.9 Å². The highest BCUT2D eigenvalue weighted by atomic mass is 32.1. The quantitative estimate of drug-likeness (QED) is 0.410. The van der Waals surface area contributed by atoms with Crippen LogP contribution in [0.15, 0.2) is 60.7 Å². The minimum Gasteiger partial charge on any atom is -0.484 e. The Kier molecular flexibility index (Phi) is 4.39. The highest BCUT2D eigenvalue weighted by molar-refractivity contribution is 7.22. The number of nitrogens with zero attached hydrogens (tertiary/aromatic N) is 2. The first-order valence-corrected chi connectivity index (χ1v) is 8.86. The maximum absolute atomic E-state index is 12.1. The maximum Gasteiger partial charge on any atom is 0.271 e. The number of non-ortho nitro benzene ring substituents is 1. The average Bonchev–Trinajstić information content (AvgIpc) is 3.07. The number of carbonyl (C=O) groups excluding carboxylic acids is 1. The highest BCUT2D eigenvalue weighted by Crippen LogP contribution is 2.28. The number of fused-ring (bicyclic) bond motifs is 2. The lowest BCUT2D eigenvalue weighted by molar-refractivity contribution is -0.384. The predicted octanol–water partition coefficient (Wildman–Crippen LogP) is 4.38. The van der Waals surface area contributed by atoms with Crippen LogP contribution >= 0.6 is 11.3 Å². The fraction of sp³-hybridized carbons (Fsp3) is 0.0526. The summed E-state index contributed by atoms with van der Waals surface area (Å²) in [5, 5.41) is 16.0. The number of rotatable bonds is 5. The van der Waals surface area contributed by atoms with E-state index in [1.807, 2.05) is 42.5 Å². The third kappa shape index (κ3) is 3.70. The average molecular weight is 379 g/mol. The Labute approximate surface area is 157 Å². The van der Waals surface area contributed by atoms with Crippen molar-refractivity contribution in [1.29, 1.82) is 0 Å². The molecule has 0 saturated heterocycles. The van der Waals surface area contributed by atoms with E-state index in [-0.39, 0.29) is 18.2 Å². The molecular formula is C19H13N3O4S. The molecule has 0 radical (unpaired) electrons. The minimum atomic E-state index is -0.478. The first kappa shape index (κ1) is 16.9. The second-order valence-corrected chi connectivity index (χ2v) is 6.80. The van der Waals surface area contributed by atoms with Crippen molar-refractivity contribution in [2.75, 3.05) is 11.9 Å². The topological polar surface area (TPSA) is 94.4 Å². The van der Waals surface area contributed by atoms with E-state index in [1.165, 1.54) is 23.5 Å². The number of hydrogen-bond acceptors (Lipinski definition) is 6. The van der Waals surface area contributed by atoms with Crippen LogP contribution in [0.4, 0.5) is 10.8 Å². The molecular weight excluding hydrogens is 366 g/mol. The second-order valence-electron chi connectivity index (χ2n) is 5.77. The lowest BCUT2D eigenvalue weighted by atomic mass is 10.1. The van der Waals surface area contributed by atoms with Crippen LogP contribution in [0.5, 0.6) is 5.75 Å². The molecule has 134 valence electrons. The standard InChI is InChI=1S/C19H13N3O4S/c23-18(11-26-15-7-5-12-3-1-2-4-13(12)9-15)21-19-20-16-10-14(22(24)25)6-8-17(16)27-19/h1-10H,11H2,(H,20,21,23). The molecule has 0 aliphatic carbocycles. The summed E-state index contributed by atoms with van der Waals surface area (Å²) in [7, 11) is 0. The predicted molar refractivity (Wildman–Crippen MR) is 104 cm³/mol. The summed E-state index contributed by atoms with van der Waals surface area (Å²) in [6, 6.07) is 17.9. The number of aromatic nitrogens is 1. The summed E-state index contributed by atoms with van der Waals surface area (Å²) in [5.74, 6) is 0.250. The molecule has 1 amide bonds. The number of ether oxygens (including phenoxy) is 1. The van der Waals surface area contributed by atoms with Gasteiger partial charge in [0, 0.05) is 12.1 Å². The molecule has 0 bridgehead atoms. The number of nitro groups is 1. The fourth-order valence-electron chi connectivity index (χ4n) is 2.64. The first-order valence-electron chi connectivity index (χ1n) is 8.05. The molecule has 0 fully saturated rings. The zero-order valence-corrected chi connectivity index (χ0v) is 14.7. The molecule has 7 nitrogen and oxygen atoms in total. The Morgan fingerprint density at radius 1 is 1.11 bits per heavy atom. The molecule has 0 spiro atoms. The minimum absolute atomic E-state index is 0.0367. The summed E-state index contributed by atoms with van der Waals surface area (Å²) < 4.78 is 6.30. The summed E-state index contributed by atoms with van der Waals surface area (Å²) in [5.41, 5.74) is 0.435. The smallest absolute Gasteiger partial charge is 0.271 e. The van der Waals surface area contributed by atoms with Gasteiger partial charge in [0.05, 0.1) is 15.1 Å². The van der Waals surface area contributed by atoms with Gasteiger partial charge < -0.3 is 4.74 Å². The van der Waals surface area contributed by atoms with E-state index in [0.29, 0.717) is 16.4 Å². The van der Waals surface area contributed by atoms with Crippen molar-refractivity contribution < 1.29 is 14.5 Å². The van der Waals surface area contributed by atoms with Gasteiger partial charge in [-0.05, 0) is 29.0 Å². The molecule has 1 N–H and O–H groups in total. The molecule has 8 heteroatoms. The van der Waals surface area contributed by atoms with Crippen molar-refractivity contribution in [2.24, 2.45) is 0 Å². The molecule has 27 heavy (non-hydrogen) atoms. The van der Waals surface area contributed by atoms with E-state index in [2.05, 4.69) is 10.3 Å². The van der Waals surface area contributed by atoms with Crippen molar-refractivity contribution in [1.82, 2.24) is 4.98 Å². The van der Waals surface area contributed by atoms with Crippen LogP contribution in [0, 0.1) is 10.1 Å². The molecule has 0 atom stereocenters. The van der Waals surface area contributed by atoms with Crippen molar-refractivity contribution >= 4 is 49.1 Å². The molecule has 4 rings (SSSR count). The summed E-state index contributed by atoms with van der Waals surface area (Å²) in [6.45, 7) is -0.158. The van der Waals surface area contributed by atoms with Crippen LogP contribution in [-0.4, -0.2) is 22.4 Å². The van der Waals surface area contributed by atoms with Crippen molar-refractivity contribution in [3.63, 3.8) is 0 Å². The van der Waals surface area contributed by atoms with Crippen LogP contribution in [-0.2, 0) is 4.79 Å². The molecule has 1 heterocycles. The van der Waals surface area contributed by atoms with Crippen LogP contribution in [0.1, 0.15) is 0 Å². The van der Waals surface area contributed by atoms with Gasteiger partial charge in [-0.15, -0.1) is 0 Å². The van der Waals surface area contributed by atoms with E-state index >= 15 is 0 Å². The van der Waals surface area contributed by atoms with Gasteiger partial charge in [-0.25, -0.2) is 4.98 Å². The first-order chi connectivity index (χ1) is 13.1. The number of carbonyl (C=O) groups is 1. The summed E-state index contributed by atoms with van der Waals surface area (Å²) >= 11 is 1.25. The number of hydrogen-bond donors (Lipinski definition) is 1. The van der Waals surface area contributed by atoms with E-state index < -0.39 is 4.92 Å². The molecule has 0 saturated carbocycles. The van der Waals surface area contributed by atoms with E-state index in [1.54, 1.807) is 6.07 Å². The molecule has 0 aliphatic rings. The molecule has 1 aromatic heterocycles. The summed E-state index contributed by atoms with van der Waals surface area (Å²) in [6.07, 6.45) is 0. The van der Waals surface area contributed by atoms with Gasteiger partial charge in [-0.3, -0.25) is 20.2 Å². The largest absolute Gasteiger partial charge is 0.484 e. The van der Waals surface area contributed by atoms with E-state index in [4.69, 9.17) is 4.74 Å². The Morgan fingerprint density at radius 2 is 1.93 bits per heavy atom. The van der Waals surface area contributed by atoms with Gasteiger partial charge in [-0.1, -0.05) is 41.7 Å². The zero-order chi connectivity index (χ0) is 18.8. The molecule has 0 aliphatic heterocycles. The zero-order valence-electron chi connectivity index (χ0n) is 13.9. The van der Waals surface area contributed by atoms with Gasteiger partial charge in [-0.2, -0.15) is 0 Å². The van der Waals surface area contributed by atoms with E-state index in [0.717, 1.165) is 15.5 Å². The third-order valence-corrected chi connectivity index (χ3v) is 4.87.